The molecule has 0 atom stereocenters. The highest BCUT2D eigenvalue weighted by molar-refractivity contribution is 6.04. The molecule has 76 valence electrons. The molecular formula is C10H14N2O2. The van der Waals surface area contributed by atoms with Crippen LogP contribution in [0.2, 0.25) is 0 Å². The Morgan fingerprint density at radius 1 is 1.36 bits per heavy atom. The zero-order valence-electron chi connectivity index (χ0n) is 8.43. The van der Waals surface area contributed by atoms with E-state index in [1.165, 1.54) is 13.8 Å². The van der Waals surface area contributed by atoms with Gasteiger partial charge >= 0.3 is 0 Å². The summed E-state index contributed by atoms with van der Waals surface area (Å²) in [4.78, 5) is 26.0. The maximum Gasteiger partial charge on any atom is 0.159 e. The molecule has 0 fully saturated rings. The van der Waals surface area contributed by atoms with Gasteiger partial charge in [0.25, 0.3) is 0 Å². The summed E-state index contributed by atoms with van der Waals surface area (Å²) in [5.41, 5.74) is 0. The van der Waals surface area contributed by atoms with Gasteiger partial charge in [0.05, 0.1) is 6.67 Å². The molecule has 1 aliphatic rings. The lowest BCUT2D eigenvalue weighted by Crippen LogP contribution is -2.42. The number of nitrogens with zero attached hydrogens (tertiary/aromatic N) is 2. The van der Waals surface area contributed by atoms with E-state index in [9.17, 15) is 9.59 Å². The number of hydrogen-bond donors (Lipinski definition) is 0. The van der Waals surface area contributed by atoms with Gasteiger partial charge in [-0.25, -0.2) is 0 Å². The van der Waals surface area contributed by atoms with Crippen molar-refractivity contribution in [1.29, 1.82) is 0 Å². The zero-order chi connectivity index (χ0) is 10.7. The van der Waals surface area contributed by atoms with Crippen molar-refractivity contribution in [2.45, 2.75) is 19.9 Å². The van der Waals surface area contributed by atoms with E-state index in [0.717, 1.165) is 0 Å². The van der Waals surface area contributed by atoms with E-state index in [0.29, 0.717) is 6.67 Å². The van der Waals surface area contributed by atoms with Gasteiger partial charge in [-0.1, -0.05) is 6.58 Å². The first kappa shape index (κ1) is 10.5. The number of Topliss-reactive ketones (excluding diaryl/α,β-unsaturated/α-hetero) is 2. The summed E-state index contributed by atoms with van der Waals surface area (Å²) in [6, 6.07) is -0.656. The van der Waals surface area contributed by atoms with Crippen LogP contribution in [0.5, 0.6) is 0 Å². The summed E-state index contributed by atoms with van der Waals surface area (Å²) in [7, 11) is 0. The third-order valence-corrected chi connectivity index (χ3v) is 2.11. The number of ketones is 2. The van der Waals surface area contributed by atoms with Crippen molar-refractivity contribution in [2.24, 2.45) is 0 Å². The standard InChI is InChI=1S/C10H14N2O2/c1-4-11-5-6-12(7-11)10(8(2)13)9(3)14/h4-6,10H,1,7H2,2-3H3. The Labute approximate surface area is 83.5 Å². The van der Waals surface area contributed by atoms with Crippen LogP contribution in [-0.4, -0.2) is 34.1 Å². The first-order valence-electron chi connectivity index (χ1n) is 4.39. The molecule has 0 N–H and O–H groups in total. The van der Waals surface area contributed by atoms with Gasteiger partial charge in [-0.2, -0.15) is 0 Å². The van der Waals surface area contributed by atoms with Crippen LogP contribution in [0.3, 0.4) is 0 Å². The minimum atomic E-state index is -0.656. The number of carbonyl (C=O) groups excluding carboxylic acids is 2. The zero-order valence-corrected chi connectivity index (χ0v) is 8.43. The Kier molecular flexibility index (Phi) is 3.06. The summed E-state index contributed by atoms with van der Waals surface area (Å²) in [5, 5.41) is 0. The summed E-state index contributed by atoms with van der Waals surface area (Å²) >= 11 is 0. The topological polar surface area (TPSA) is 40.6 Å². The van der Waals surface area contributed by atoms with E-state index in [1.807, 2.05) is 0 Å². The van der Waals surface area contributed by atoms with Crippen LogP contribution in [0.4, 0.5) is 0 Å². The van der Waals surface area contributed by atoms with E-state index >= 15 is 0 Å². The highest BCUT2D eigenvalue weighted by Gasteiger charge is 2.27. The van der Waals surface area contributed by atoms with Crippen molar-refractivity contribution in [3.63, 3.8) is 0 Å². The van der Waals surface area contributed by atoms with Gasteiger partial charge in [0, 0.05) is 12.4 Å². The molecule has 0 aliphatic carbocycles. The highest BCUT2D eigenvalue weighted by Crippen LogP contribution is 2.12. The molecule has 0 bridgehead atoms. The van der Waals surface area contributed by atoms with Crippen molar-refractivity contribution in [3.8, 4) is 0 Å². The van der Waals surface area contributed by atoms with Crippen LogP contribution in [-0.2, 0) is 9.59 Å². The molecule has 1 heterocycles. The first-order valence-corrected chi connectivity index (χ1v) is 4.39. The Hall–Kier alpha value is -1.58. The molecule has 0 radical (unpaired) electrons. The molecule has 14 heavy (non-hydrogen) atoms. The molecule has 0 spiro atoms. The van der Waals surface area contributed by atoms with Crippen molar-refractivity contribution in [1.82, 2.24) is 9.80 Å². The van der Waals surface area contributed by atoms with Crippen LogP contribution in [0.15, 0.2) is 25.2 Å². The van der Waals surface area contributed by atoms with Crippen molar-refractivity contribution < 1.29 is 9.59 Å². The molecule has 0 saturated heterocycles. The number of rotatable bonds is 4. The van der Waals surface area contributed by atoms with Gasteiger partial charge in [-0.05, 0) is 20.0 Å². The molecule has 1 rings (SSSR count). The quantitative estimate of drug-likeness (QED) is 0.618. The van der Waals surface area contributed by atoms with E-state index < -0.39 is 6.04 Å². The maximum absolute atomic E-state index is 11.2. The molecule has 0 unspecified atom stereocenters. The van der Waals surface area contributed by atoms with Gasteiger partial charge in [0.1, 0.15) is 6.04 Å². The van der Waals surface area contributed by atoms with Crippen LogP contribution in [0.1, 0.15) is 13.8 Å². The summed E-state index contributed by atoms with van der Waals surface area (Å²) in [6.07, 6.45) is 5.16. The lowest BCUT2D eigenvalue weighted by molar-refractivity contribution is -0.131. The molecule has 0 aromatic heterocycles. The third kappa shape index (κ3) is 2.02. The average Bonchev–Trinajstić information content (AvgIpc) is 2.51. The maximum atomic E-state index is 11.2. The van der Waals surface area contributed by atoms with Crippen LogP contribution in [0.25, 0.3) is 0 Å². The van der Waals surface area contributed by atoms with Gasteiger partial charge in [-0.15, -0.1) is 0 Å². The molecule has 4 nitrogen and oxygen atoms in total. The van der Waals surface area contributed by atoms with Gasteiger partial charge in [0.15, 0.2) is 11.6 Å². The molecule has 0 saturated carbocycles. The second kappa shape index (κ2) is 4.09. The van der Waals surface area contributed by atoms with Crippen molar-refractivity contribution in [2.75, 3.05) is 6.67 Å². The lowest BCUT2D eigenvalue weighted by atomic mass is 10.1. The first-order chi connectivity index (χ1) is 6.56. The van der Waals surface area contributed by atoms with Gasteiger partial charge in [0.2, 0.25) is 0 Å². The Balaban J connectivity index is 2.73. The Morgan fingerprint density at radius 2 is 1.93 bits per heavy atom. The van der Waals surface area contributed by atoms with E-state index in [2.05, 4.69) is 6.58 Å². The normalized spacial score (nSPS) is 15.1. The van der Waals surface area contributed by atoms with Crippen molar-refractivity contribution in [3.05, 3.63) is 25.2 Å². The van der Waals surface area contributed by atoms with E-state index in [-0.39, 0.29) is 11.6 Å². The predicted octanol–water partition coefficient (Wildman–Crippen LogP) is 0.723. The molecule has 0 aromatic rings. The second-order valence-electron chi connectivity index (χ2n) is 3.27. The fourth-order valence-corrected chi connectivity index (χ4v) is 1.49. The van der Waals surface area contributed by atoms with Gasteiger partial charge < -0.3 is 9.80 Å². The Morgan fingerprint density at radius 3 is 2.29 bits per heavy atom. The highest BCUT2D eigenvalue weighted by atomic mass is 16.2. The van der Waals surface area contributed by atoms with Crippen molar-refractivity contribution >= 4 is 11.6 Å². The smallest absolute Gasteiger partial charge is 0.159 e. The van der Waals surface area contributed by atoms with E-state index in [1.54, 1.807) is 28.4 Å². The summed E-state index contributed by atoms with van der Waals surface area (Å²) in [6.45, 7) is 6.97. The molecule has 0 amide bonds. The molecule has 4 heteroatoms. The fraction of sp³-hybridized carbons (Fsp3) is 0.400. The Bertz CT molecular complexity index is 282. The monoisotopic (exact) mass is 194 g/mol. The molecular weight excluding hydrogens is 180 g/mol. The minimum absolute atomic E-state index is 0.131. The SMILES string of the molecule is C=CN1C=CN(C(C(C)=O)C(C)=O)C1. The lowest BCUT2D eigenvalue weighted by Gasteiger charge is -2.24. The minimum Gasteiger partial charge on any atom is -0.342 e. The summed E-state index contributed by atoms with van der Waals surface area (Å²) < 4.78 is 0. The number of hydrogen-bond acceptors (Lipinski definition) is 4. The van der Waals surface area contributed by atoms with E-state index in [4.69, 9.17) is 0 Å². The largest absolute Gasteiger partial charge is 0.342 e. The summed E-state index contributed by atoms with van der Waals surface area (Å²) in [5.74, 6) is -0.263. The predicted molar refractivity (Wildman–Crippen MR) is 53.0 cm³/mol. The third-order valence-electron chi connectivity index (χ3n) is 2.11. The van der Waals surface area contributed by atoms with Crippen LogP contribution in [0, 0.1) is 0 Å². The molecule has 1 aliphatic heterocycles. The van der Waals surface area contributed by atoms with Crippen LogP contribution < -0.4 is 0 Å². The van der Waals surface area contributed by atoms with Gasteiger partial charge in [-0.3, -0.25) is 9.59 Å². The fourth-order valence-electron chi connectivity index (χ4n) is 1.49. The number of carbonyl (C=O) groups is 2. The second-order valence-corrected chi connectivity index (χ2v) is 3.27. The van der Waals surface area contributed by atoms with Crippen LogP contribution >= 0.6 is 0 Å². The average molecular weight is 194 g/mol. The molecule has 0 aromatic carbocycles.